The minimum Gasteiger partial charge on any atom is -0.399 e. The van der Waals surface area contributed by atoms with Gasteiger partial charge in [0.25, 0.3) is 5.91 Å². The highest BCUT2D eigenvalue weighted by Gasteiger charge is 2.40. The second-order valence-electron chi connectivity index (χ2n) is 7.74. The zero-order valence-electron chi connectivity index (χ0n) is 18.3. The van der Waals surface area contributed by atoms with Gasteiger partial charge < -0.3 is 19.9 Å². The summed E-state index contributed by atoms with van der Waals surface area (Å²) in [5, 5.41) is 0. The molecule has 2 unspecified atom stereocenters. The number of likely N-dealkylation sites (N-methyl/N-ethyl adjacent to an activating group) is 1. The molecule has 2 N–H and O–H groups in total. The van der Waals surface area contributed by atoms with Gasteiger partial charge in [0, 0.05) is 37.3 Å². The lowest BCUT2D eigenvalue weighted by Crippen LogP contribution is -2.34. The lowest BCUT2D eigenvalue weighted by Gasteiger charge is -2.23. The quantitative estimate of drug-likeness (QED) is 0.487. The van der Waals surface area contributed by atoms with Crippen LogP contribution in [0.5, 0.6) is 0 Å². The van der Waals surface area contributed by atoms with Crippen molar-refractivity contribution in [2.75, 3.05) is 13.6 Å². The number of rotatable bonds is 7. The monoisotopic (exact) mass is 462 g/mol. The summed E-state index contributed by atoms with van der Waals surface area (Å²) in [5.41, 5.74) is 4.78. The predicted octanol–water partition coefficient (Wildman–Crippen LogP) is 4.42. The molecular formula is C23H25F3N4O3. The molecule has 1 fully saturated rings. The van der Waals surface area contributed by atoms with Crippen molar-refractivity contribution in [1.29, 1.82) is 0 Å². The highest BCUT2D eigenvalue weighted by Crippen LogP contribution is 2.43. The first-order chi connectivity index (χ1) is 15.6. The molecule has 1 aromatic carbocycles. The lowest BCUT2D eigenvalue weighted by molar-refractivity contribution is -0.137. The molecule has 0 saturated carbocycles. The summed E-state index contributed by atoms with van der Waals surface area (Å²) in [5.74, 6) is -0.324. The number of alkyl halides is 3. The van der Waals surface area contributed by atoms with E-state index in [1.54, 1.807) is 38.2 Å². The number of nitrogens with zero attached hydrogens (tertiary/aromatic N) is 3. The average molecular weight is 462 g/mol. The van der Waals surface area contributed by atoms with Gasteiger partial charge in [-0.15, -0.1) is 0 Å². The van der Waals surface area contributed by atoms with Gasteiger partial charge >= 0.3 is 6.18 Å². The Balaban J connectivity index is 1.81. The van der Waals surface area contributed by atoms with Crippen molar-refractivity contribution < 1.29 is 27.5 Å². The van der Waals surface area contributed by atoms with E-state index in [1.807, 2.05) is 0 Å². The Morgan fingerprint density at radius 3 is 2.67 bits per heavy atom. The maximum Gasteiger partial charge on any atom is 0.418 e. The number of carbonyl (C=O) groups excluding carboxylic acids is 2. The van der Waals surface area contributed by atoms with Gasteiger partial charge in [-0.25, -0.2) is 4.99 Å². The van der Waals surface area contributed by atoms with Gasteiger partial charge in [-0.2, -0.15) is 13.2 Å². The number of aromatic nitrogens is 1. The summed E-state index contributed by atoms with van der Waals surface area (Å²) < 4.78 is 48.2. The van der Waals surface area contributed by atoms with E-state index in [9.17, 15) is 22.8 Å². The first-order valence-electron chi connectivity index (χ1n) is 10.3. The molecule has 0 aliphatic carbocycles. The van der Waals surface area contributed by atoms with Crippen LogP contribution < -0.4 is 5.73 Å². The smallest absolute Gasteiger partial charge is 0.399 e. The molecule has 1 aliphatic rings. The second kappa shape index (κ2) is 9.62. The van der Waals surface area contributed by atoms with Crippen LogP contribution >= 0.6 is 0 Å². The molecule has 1 amide bonds. The minimum atomic E-state index is -4.64. The van der Waals surface area contributed by atoms with Gasteiger partial charge in [0.15, 0.2) is 6.29 Å². The Hall–Kier alpha value is -3.40. The van der Waals surface area contributed by atoms with E-state index in [0.717, 1.165) is 6.20 Å². The topological polar surface area (TPSA) is 89.9 Å². The number of benzene rings is 1. The van der Waals surface area contributed by atoms with Gasteiger partial charge in [-0.3, -0.25) is 9.59 Å². The third-order valence-corrected chi connectivity index (χ3v) is 5.42. The molecule has 10 heteroatoms. The van der Waals surface area contributed by atoms with Gasteiger partial charge in [0.2, 0.25) is 0 Å². The van der Waals surface area contributed by atoms with Crippen LogP contribution in [0.4, 0.5) is 19.0 Å². The summed E-state index contributed by atoms with van der Waals surface area (Å²) >= 11 is 0. The van der Waals surface area contributed by atoms with E-state index in [0.29, 0.717) is 19.1 Å². The van der Waals surface area contributed by atoms with E-state index in [2.05, 4.69) is 11.6 Å². The molecule has 7 nitrogen and oxygen atoms in total. The van der Waals surface area contributed by atoms with E-state index in [-0.39, 0.29) is 40.7 Å². The van der Waals surface area contributed by atoms with Crippen LogP contribution in [0, 0.1) is 0 Å². The highest BCUT2D eigenvalue weighted by molar-refractivity contribution is 6.01. The number of hydrogen-bond donors (Lipinski definition) is 1. The van der Waals surface area contributed by atoms with Crippen molar-refractivity contribution in [3.8, 4) is 0 Å². The van der Waals surface area contributed by atoms with Crippen molar-refractivity contribution in [2.45, 2.75) is 38.3 Å². The maximum absolute atomic E-state index is 13.6. The molecule has 1 saturated heterocycles. The van der Waals surface area contributed by atoms with Crippen molar-refractivity contribution >= 4 is 29.9 Å². The largest absolute Gasteiger partial charge is 0.418 e. The molecule has 0 bridgehead atoms. The van der Waals surface area contributed by atoms with Gasteiger partial charge in [0.05, 0.1) is 22.8 Å². The number of carbonyl (C=O) groups is 2. The maximum atomic E-state index is 13.6. The normalized spacial score (nSPS) is 18.6. The first kappa shape index (κ1) is 24.2. The van der Waals surface area contributed by atoms with Gasteiger partial charge in [0.1, 0.15) is 12.0 Å². The van der Waals surface area contributed by atoms with Crippen LogP contribution in [0.1, 0.15) is 57.8 Å². The summed E-state index contributed by atoms with van der Waals surface area (Å²) in [4.78, 5) is 29.5. The predicted molar refractivity (Wildman–Crippen MR) is 118 cm³/mol. The van der Waals surface area contributed by atoms with Gasteiger partial charge in [-0.05, 0) is 25.8 Å². The number of nitrogens with two attached hydrogens (primary N) is 1. The van der Waals surface area contributed by atoms with Crippen LogP contribution in [0.3, 0.4) is 0 Å². The second-order valence-corrected chi connectivity index (χ2v) is 7.74. The number of hydrogen-bond acceptors (Lipinski definition) is 5. The third kappa shape index (κ3) is 5.00. The Bertz CT molecular complexity index is 1090. The number of ether oxygens (including phenoxy) is 1. The van der Waals surface area contributed by atoms with Crippen molar-refractivity contribution in [1.82, 2.24) is 9.47 Å². The number of aliphatic imine (C=N–C) groups is 1. The number of aldehydes is 1. The Kier molecular flexibility index (Phi) is 7.06. The molecule has 2 aromatic rings. The SMILES string of the molecule is C=C(N)c1c(C(F)(F)F)cn(C2CCC(CN(C)C(=O)c3ccccc3C=O)O2)c1/N=C\C. The van der Waals surface area contributed by atoms with Crippen LogP contribution in [0.15, 0.2) is 42.0 Å². The molecule has 0 radical (unpaired) electrons. The Labute approximate surface area is 189 Å². The van der Waals surface area contributed by atoms with Crippen LogP contribution in [-0.4, -0.2) is 47.6 Å². The first-order valence-corrected chi connectivity index (χ1v) is 10.3. The van der Waals surface area contributed by atoms with Crippen LogP contribution in [-0.2, 0) is 10.9 Å². The Morgan fingerprint density at radius 1 is 1.36 bits per heavy atom. The Morgan fingerprint density at radius 2 is 2.06 bits per heavy atom. The average Bonchev–Trinajstić information content (AvgIpc) is 3.37. The minimum absolute atomic E-state index is 0.0207. The molecule has 0 spiro atoms. The highest BCUT2D eigenvalue weighted by atomic mass is 19.4. The summed E-state index contributed by atoms with van der Waals surface area (Å²) in [6.07, 6.45) is -1.89. The van der Waals surface area contributed by atoms with E-state index in [4.69, 9.17) is 10.5 Å². The van der Waals surface area contributed by atoms with Gasteiger partial charge in [-0.1, -0.05) is 24.8 Å². The summed E-state index contributed by atoms with van der Waals surface area (Å²) in [6, 6.07) is 6.45. The van der Waals surface area contributed by atoms with Crippen molar-refractivity contribution in [2.24, 2.45) is 10.7 Å². The number of halogens is 3. The third-order valence-electron chi connectivity index (χ3n) is 5.42. The fourth-order valence-corrected chi connectivity index (χ4v) is 3.93. The van der Waals surface area contributed by atoms with Crippen LogP contribution in [0.2, 0.25) is 0 Å². The molecule has 3 rings (SSSR count). The molecule has 176 valence electrons. The molecule has 33 heavy (non-hydrogen) atoms. The lowest BCUT2D eigenvalue weighted by atomic mass is 10.1. The van der Waals surface area contributed by atoms with E-state index >= 15 is 0 Å². The summed E-state index contributed by atoms with van der Waals surface area (Å²) in [7, 11) is 1.58. The fourth-order valence-electron chi connectivity index (χ4n) is 3.93. The van der Waals surface area contributed by atoms with E-state index in [1.165, 1.54) is 15.7 Å². The molecular weight excluding hydrogens is 437 g/mol. The molecule has 1 aliphatic heterocycles. The zero-order chi connectivity index (χ0) is 24.3. The standard InChI is InChI=1S/C23H25F3N4O3/c1-4-28-21-20(14(2)27)18(23(24,25)26)12-30(21)19-10-9-16(33-19)11-29(3)22(32)17-8-6-5-7-15(17)13-31/h4-8,12-13,16,19H,2,9-11,27H2,1,3H3/b28-4-. The van der Waals surface area contributed by atoms with Crippen LogP contribution in [0.25, 0.3) is 5.70 Å². The van der Waals surface area contributed by atoms with E-state index < -0.39 is 24.1 Å². The zero-order valence-corrected chi connectivity index (χ0v) is 18.3. The molecule has 2 heterocycles. The summed E-state index contributed by atoms with van der Waals surface area (Å²) in [6.45, 7) is 5.27. The molecule has 2 atom stereocenters. The van der Waals surface area contributed by atoms with Crippen molar-refractivity contribution in [3.63, 3.8) is 0 Å². The number of amides is 1. The van der Waals surface area contributed by atoms with Crippen molar-refractivity contribution in [3.05, 3.63) is 59.3 Å². The molecule has 1 aromatic heterocycles. The fraction of sp³-hybridized carbons (Fsp3) is 0.348.